The molecule has 1 aromatic carbocycles. The molecular formula is C12H10ClNO3S. The number of hydrogen-bond acceptors (Lipinski definition) is 3. The molecule has 0 N–H and O–H groups in total. The molecule has 18 heavy (non-hydrogen) atoms. The van der Waals surface area contributed by atoms with Crippen LogP contribution in [0.3, 0.4) is 0 Å². The summed E-state index contributed by atoms with van der Waals surface area (Å²) in [5, 5.41) is -0.848. The molecule has 1 fully saturated rings. The van der Waals surface area contributed by atoms with Crippen molar-refractivity contribution >= 4 is 31.3 Å². The second-order valence-corrected chi connectivity index (χ2v) is 6.91. The van der Waals surface area contributed by atoms with Crippen LogP contribution in [0.2, 0.25) is 0 Å². The van der Waals surface area contributed by atoms with Crippen molar-refractivity contribution < 1.29 is 13.2 Å². The molecule has 6 heteroatoms. The highest BCUT2D eigenvalue weighted by Gasteiger charge is 2.37. The van der Waals surface area contributed by atoms with Gasteiger partial charge < -0.3 is 4.90 Å². The van der Waals surface area contributed by atoms with Crippen molar-refractivity contribution in [2.75, 3.05) is 11.4 Å². The van der Waals surface area contributed by atoms with Crippen LogP contribution in [-0.2, 0) is 13.8 Å². The van der Waals surface area contributed by atoms with Gasteiger partial charge in [-0.2, -0.15) is 0 Å². The molecule has 1 atom stereocenters. The van der Waals surface area contributed by atoms with Crippen LogP contribution in [-0.4, -0.2) is 26.1 Å². The molecule has 0 saturated carbocycles. The fraction of sp³-hybridized carbons (Fsp3) is 0.250. The molecule has 1 amide bonds. The average molecular weight is 284 g/mol. The molecule has 94 valence electrons. The Morgan fingerprint density at radius 1 is 1.33 bits per heavy atom. The van der Waals surface area contributed by atoms with Gasteiger partial charge in [0.1, 0.15) is 5.25 Å². The Kier molecular flexibility index (Phi) is 3.33. The summed E-state index contributed by atoms with van der Waals surface area (Å²) < 4.78 is 22.4. The van der Waals surface area contributed by atoms with Gasteiger partial charge in [-0.05, 0) is 24.3 Å². The minimum Gasteiger partial charge on any atom is -0.311 e. The standard InChI is InChI=1S/C12H10ClNO3S/c1-2-9-3-5-10(6-4-9)14-8-11(7-12(14)15)18(13,16)17/h1,3-6,11H,7-8H2. The van der Waals surface area contributed by atoms with E-state index in [2.05, 4.69) is 5.92 Å². The monoisotopic (exact) mass is 283 g/mol. The third kappa shape index (κ3) is 2.50. The molecule has 0 aliphatic carbocycles. The van der Waals surface area contributed by atoms with E-state index >= 15 is 0 Å². The Balaban J connectivity index is 2.25. The lowest BCUT2D eigenvalue weighted by molar-refractivity contribution is -0.117. The highest BCUT2D eigenvalue weighted by molar-refractivity contribution is 8.14. The number of benzene rings is 1. The summed E-state index contributed by atoms with van der Waals surface area (Å²) >= 11 is 0. The summed E-state index contributed by atoms with van der Waals surface area (Å²) in [5.74, 6) is 2.22. The van der Waals surface area contributed by atoms with Crippen molar-refractivity contribution in [3.63, 3.8) is 0 Å². The Morgan fingerprint density at radius 2 is 1.94 bits per heavy atom. The van der Waals surface area contributed by atoms with E-state index in [1.54, 1.807) is 24.3 Å². The SMILES string of the molecule is C#Cc1ccc(N2CC(S(=O)(=O)Cl)CC2=O)cc1. The number of carbonyl (C=O) groups excluding carboxylic acids is 1. The van der Waals surface area contributed by atoms with Crippen LogP contribution in [0.1, 0.15) is 12.0 Å². The Morgan fingerprint density at radius 3 is 2.39 bits per heavy atom. The molecule has 0 spiro atoms. The number of anilines is 1. The minimum atomic E-state index is -3.71. The number of nitrogens with zero attached hydrogens (tertiary/aromatic N) is 1. The van der Waals surface area contributed by atoms with Crippen molar-refractivity contribution in [2.45, 2.75) is 11.7 Å². The van der Waals surface area contributed by atoms with Gasteiger partial charge in [-0.15, -0.1) is 6.42 Å². The van der Waals surface area contributed by atoms with Gasteiger partial charge in [0.25, 0.3) is 0 Å². The van der Waals surface area contributed by atoms with Gasteiger partial charge in [0.05, 0.1) is 0 Å². The number of amides is 1. The van der Waals surface area contributed by atoms with E-state index in [4.69, 9.17) is 17.1 Å². The maximum absolute atomic E-state index is 11.7. The van der Waals surface area contributed by atoms with Crippen LogP contribution < -0.4 is 4.90 Å². The lowest BCUT2D eigenvalue weighted by atomic mass is 10.2. The van der Waals surface area contributed by atoms with Crippen molar-refractivity contribution in [3.05, 3.63) is 29.8 Å². The summed E-state index contributed by atoms with van der Waals surface area (Å²) in [6.45, 7) is 0.0834. The molecular weight excluding hydrogens is 274 g/mol. The van der Waals surface area contributed by atoms with E-state index in [0.29, 0.717) is 11.3 Å². The molecule has 0 radical (unpaired) electrons. The minimum absolute atomic E-state index is 0.0806. The molecule has 1 aliphatic rings. The van der Waals surface area contributed by atoms with Crippen LogP contribution in [0, 0.1) is 12.3 Å². The predicted molar refractivity (Wildman–Crippen MR) is 69.9 cm³/mol. The zero-order chi connectivity index (χ0) is 13.3. The van der Waals surface area contributed by atoms with Crippen molar-refractivity contribution in [3.8, 4) is 12.3 Å². The summed E-state index contributed by atoms with van der Waals surface area (Å²) in [6.07, 6.45) is 5.15. The number of terminal acetylenes is 1. The second-order valence-electron chi connectivity index (χ2n) is 4.00. The lowest BCUT2D eigenvalue weighted by Crippen LogP contribution is -2.26. The van der Waals surface area contributed by atoms with E-state index in [1.165, 1.54) is 4.90 Å². The fourth-order valence-electron chi connectivity index (χ4n) is 1.85. The number of halogens is 1. The van der Waals surface area contributed by atoms with Crippen molar-refractivity contribution in [1.82, 2.24) is 0 Å². The normalized spacial score (nSPS) is 19.9. The van der Waals surface area contributed by atoms with Gasteiger partial charge in [-0.3, -0.25) is 4.79 Å². The summed E-state index contributed by atoms with van der Waals surface area (Å²) in [4.78, 5) is 13.2. The van der Waals surface area contributed by atoms with Gasteiger partial charge in [-0.1, -0.05) is 5.92 Å². The van der Waals surface area contributed by atoms with Gasteiger partial charge >= 0.3 is 0 Å². The van der Waals surface area contributed by atoms with E-state index < -0.39 is 14.3 Å². The molecule has 2 rings (SSSR count). The number of hydrogen-bond donors (Lipinski definition) is 0. The van der Waals surface area contributed by atoms with Gasteiger partial charge in [0.15, 0.2) is 0 Å². The summed E-state index contributed by atoms with van der Waals surface area (Å²) in [6, 6.07) is 6.78. The summed E-state index contributed by atoms with van der Waals surface area (Å²) in [5.41, 5.74) is 1.33. The highest BCUT2D eigenvalue weighted by Crippen LogP contribution is 2.26. The third-order valence-corrected chi connectivity index (χ3v) is 4.70. The van der Waals surface area contributed by atoms with E-state index in [0.717, 1.165) is 0 Å². The van der Waals surface area contributed by atoms with Crippen LogP contribution >= 0.6 is 10.7 Å². The highest BCUT2D eigenvalue weighted by atomic mass is 35.7. The molecule has 4 nitrogen and oxygen atoms in total. The first-order valence-electron chi connectivity index (χ1n) is 5.22. The third-order valence-electron chi connectivity index (χ3n) is 2.83. The molecule has 1 aliphatic heterocycles. The van der Waals surface area contributed by atoms with Gasteiger partial charge in [-0.25, -0.2) is 8.42 Å². The Bertz CT molecular complexity index is 616. The maximum atomic E-state index is 11.7. The van der Waals surface area contributed by atoms with E-state index in [9.17, 15) is 13.2 Å². The Labute approximate surface area is 110 Å². The molecule has 1 aromatic rings. The number of rotatable bonds is 2. The fourth-order valence-corrected chi connectivity index (χ4v) is 2.88. The first kappa shape index (κ1) is 12.9. The predicted octanol–water partition coefficient (Wildman–Crippen LogP) is 1.34. The van der Waals surface area contributed by atoms with Crippen LogP contribution in [0.5, 0.6) is 0 Å². The molecule has 0 aromatic heterocycles. The quantitative estimate of drug-likeness (QED) is 0.608. The van der Waals surface area contributed by atoms with Gasteiger partial charge in [0.2, 0.25) is 15.0 Å². The molecule has 0 bridgehead atoms. The van der Waals surface area contributed by atoms with Crippen molar-refractivity contribution in [2.24, 2.45) is 0 Å². The van der Waals surface area contributed by atoms with E-state index in [1.807, 2.05) is 0 Å². The van der Waals surface area contributed by atoms with E-state index in [-0.39, 0.29) is 18.9 Å². The van der Waals surface area contributed by atoms with Gasteiger partial charge in [0, 0.05) is 34.9 Å². The van der Waals surface area contributed by atoms with Crippen molar-refractivity contribution in [1.29, 1.82) is 0 Å². The molecule has 1 saturated heterocycles. The zero-order valence-corrected chi connectivity index (χ0v) is 10.9. The summed E-state index contributed by atoms with van der Waals surface area (Å²) in [7, 11) is 1.56. The lowest BCUT2D eigenvalue weighted by Gasteiger charge is -2.16. The second kappa shape index (κ2) is 4.63. The van der Waals surface area contributed by atoms with Crippen LogP contribution in [0.15, 0.2) is 24.3 Å². The Hall–Kier alpha value is -1.51. The van der Waals surface area contributed by atoms with Crippen LogP contribution in [0.4, 0.5) is 5.69 Å². The average Bonchev–Trinajstić information content (AvgIpc) is 2.71. The van der Waals surface area contributed by atoms with Crippen LogP contribution in [0.25, 0.3) is 0 Å². The topological polar surface area (TPSA) is 54.5 Å². The largest absolute Gasteiger partial charge is 0.311 e. The zero-order valence-electron chi connectivity index (χ0n) is 9.34. The maximum Gasteiger partial charge on any atom is 0.237 e. The molecule has 1 unspecified atom stereocenters. The molecule has 1 heterocycles. The first-order chi connectivity index (χ1) is 8.41. The first-order valence-corrected chi connectivity index (χ1v) is 7.59. The number of carbonyl (C=O) groups is 1. The smallest absolute Gasteiger partial charge is 0.237 e.